The Labute approximate surface area is 117 Å². The average Bonchev–Trinajstić information content (AvgIpc) is 2.32. The van der Waals surface area contributed by atoms with Crippen molar-refractivity contribution in [2.24, 2.45) is 0 Å². The van der Waals surface area contributed by atoms with Gasteiger partial charge in [-0.2, -0.15) is 5.26 Å². The Balaban J connectivity index is 2.60. The fourth-order valence-corrected chi connectivity index (χ4v) is 2.04. The Hall–Kier alpha value is -1.77. The van der Waals surface area contributed by atoms with Gasteiger partial charge in [-0.3, -0.25) is 0 Å². The predicted octanol–water partition coefficient (Wildman–Crippen LogP) is 3.72. The molecule has 0 N–H and O–H groups in total. The molecular weight excluding hydrogens is 295 g/mol. The van der Waals surface area contributed by atoms with Crippen LogP contribution in [0, 0.1) is 23.0 Å². The average molecular weight is 300 g/mol. The minimum atomic E-state index is -1.25. The van der Waals surface area contributed by atoms with Gasteiger partial charge in [-0.25, -0.2) is 18.7 Å². The zero-order chi connectivity index (χ0) is 14.0. The SMILES string of the molecule is N#CC(c1cc(Cl)nc(Cl)n1)c1c(F)cccc1F. The number of rotatable bonds is 2. The van der Waals surface area contributed by atoms with Crippen LogP contribution >= 0.6 is 23.2 Å². The van der Waals surface area contributed by atoms with Gasteiger partial charge in [0.15, 0.2) is 0 Å². The number of halogens is 4. The van der Waals surface area contributed by atoms with E-state index in [1.807, 2.05) is 0 Å². The summed E-state index contributed by atoms with van der Waals surface area (Å²) in [6, 6.07) is 6.36. The highest BCUT2D eigenvalue weighted by Gasteiger charge is 2.23. The largest absolute Gasteiger partial charge is 0.224 e. The standard InChI is InChI=1S/C12H5Cl2F2N3/c13-10-4-9(18-12(14)19-10)6(5-17)11-7(15)2-1-3-8(11)16/h1-4,6H. The summed E-state index contributed by atoms with van der Waals surface area (Å²) in [5.74, 6) is -2.92. The van der Waals surface area contributed by atoms with Crippen LogP contribution in [0.5, 0.6) is 0 Å². The second kappa shape index (κ2) is 5.47. The molecule has 3 nitrogen and oxygen atoms in total. The molecule has 0 amide bonds. The van der Waals surface area contributed by atoms with E-state index in [2.05, 4.69) is 9.97 Å². The molecule has 0 radical (unpaired) electrons. The van der Waals surface area contributed by atoms with Gasteiger partial charge in [0, 0.05) is 5.56 Å². The van der Waals surface area contributed by atoms with Crippen molar-refractivity contribution >= 4 is 23.2 Å². The van der Waals surface area contributed by atoms with Crippen LogP contribution in [0.25, 0.3) is 0 Å². The summed E-state index contributed by atoms with van der Waals surface area (Å²) in [5, 5.41) is 8.93. The van der Waals surface area contributed by atoms with Crippen LogP contribution in [-0.2, 0) is 0 Å². The molecule has 0 spiro atoms. The number of benzene rings is 1. The van der Waals surface area contributed by atoms with Crippen molar-refractivity contribution in [3.8, 4) is 6.07 Å². The fraction of sp³-hybridized carbons (Fsp3) is 0.0833. The molecule has 1 atom stereocenters. The van der Waals surface area contributed by atoms with Crippen LogP contribution in [0.3, 0.4) is 0 Å². The van der Waals surface area contributed by atoms with E-state index in [0.717, 1.165) is 12.1 Å². The van der Waals surface area contributed by atoms with Gasteiger partial charge in [0.1, 0.15) is 22.7 Å². The van der Waals surface area contributed by atoms with E-state index in [1.54, 1.807) is 6.07 Å². The Kier molecular flexibility index (Phi) is 3.93. The van der Waals surface area contributed by atoms with Crippen molar-refractivity contribution in [3.63, 3.8) is 0 Å². The smallest absolute Gasteiger partial charge is 0.221 e. The van der Waals surface area contributed by atoms with Gasteiger partial charge < -0.3 is 0 Å². The molecule has 19 heavy (non-hydrogen) atoms. The van der Waals surface area contributed by atoms with Gasteiger partial charge >= 0.3 is 0 Å². The zero-order valence-electron chi connectivity index (χ0n) is 9.24. The van der Waals surface area contributed by atoms with Crippen LogP contribution in [0.1, 0.15) is 17.2 Å². The molecule has 1 aromatic heterocycles. The van der Waals surface area contributed by atoms with Crippen LogP contribution in [-0.4, -0.2) is 9.97 Å². The molecule has 0 bridgehead atoms. The zero-order valence-corrected chi connectivity index (χ0v) is 10.8. The monoisotopic (exact) mass is 299 g/mol. The number of nitriles is 1. The molecule has 7 heteroatoms. The van der Waals surface area contributed by atoms with Crippen LogP contribution < -0.4 is 0 Å². The molecular formula is C12H5Cl2F2N3. The maximum atomic E-state index is 13.7. The molecule has 0 aliphatic rings. The summed E-state index contributed by atoms with van der Waals surface area (Å²) in [5.41, 5.74) is -0.354. The maximum Gasteiger partial charge on any atom is 0.224 e. The van der Waals surface area contributed by atoms with Crippen LogP contribution in [0.2, 0.25) is 10.4 Å². The van der Waals surface area contributed by atoms with Crippen molar-refractivity contribution in [2.45, 2.75) is 5.92 Å². The lowest BCUT2D eigenvalue weighted by Gasteiger charge is -2.11. The molecule has 1 heterocycles. The van der Waals surface area contributed by atoms with E-state index in [1.165, 1.54) is 12.1 Å². The normalized spacial score (nSPS) is 11.9. The van der Waals surface area contributed by atoms with Crippen LogP contribution in [0.15, 0.2) is 24.3 Å². The van der Waals surface area contributed by atoms with Crippen molar-refractivity contribution in [2.75, 3.05) is 0 Å². The van der Waals surface area contributed by atoms with Gasteiger partial charge in [-0.1, -0.05) is 17.7 Å². The maximum absolute atomic E-state index is 13.7. The predicted molar refractivity (Wildman–Crippen MR) is 65.9 cm³/mol. The first-order valence-corrected chi connectivity index (χ1v) is 5.82. The first kappa shape index (κ1) is 13.7. The minimum absolute atomic E-state index is 0.00741. The number of nitrogens with zero attached hydrogens (tertiary/aromatic N) is 3. The Morgan fingerprint density at radius 1 is 1.16 bits per heavy atom. The third-order valence-electron chi connectivity index (χ3n) is 2.40. The molecule has 0 aliphatic heterocycles. The third kappa shape index (κ3) is 2.80. The van der Waals surface area contributed by atoms with E-state index in [9.17, 15) is 8.78 Å². The van der Waals surface area contributed by atoms with E-state index in [4.69, 9.17) is 28.5 Å². The third-order valence-corrected chi connectivity index (χ3v) is 2.76. The van der Waals surface area contributed by atoms with Crippen molar-refractivity contribution in [1.82, 2.24) is 9.97 Å². The Morgan fingerprint density at radius 2 is 1.79 bits per heavy atom. The lowest BCUT2D eigenvalue weighted by Crippen LogP contribution is -2.07. The van der Waals surface area contributed by atoms with E-state index in [0.29, 0.717) is 0 Å². The first-order chi connectivity index (χ1) is 9.02. The van der Waals surface area contributed by atoms with Crippen molar-refractivity contribution < 1.29 is 8.78 Å². The summed E-state index contributed by atoms with van der Waals surface area (Å²) in [6.45, 7) is 0. The number of hydrogen-bond donors (Lipinski definition) is 0. The highest BCUT2D eigenvalue weighted by Crippen LogP contribution is 2.29. The van der Waals surface area contributed by atoms with Gasteiger partial charge in [0.2, 0.25) is 5.28 Å². The molecule has 2 aromatic rings. The van der Waals surface area contributed by atoms with Gasteiger partial charge in [-0.15, -0.1) is 0 Å². The number of aromatic nitrogens is 2. The van der Waals surface area contributed by atoms with E-state index >= 15 is 0 Å². The quantitative estimate of drug-likeness (QED) is 0.627. The van der Waals surface area contributed by atoms with Crippen LogP contribution in [0.4, 0.5) is 8.78 Å². The second-order valence-electron chi connectivity index (χ2n) is 3.58. The van der Waals surface area contributed by atoms with Gasteiger partial charge in [0.05, 0.1) is 11.8 Å². The lowest BCUT2D eigenvalue weighted by atomic mass is 9.96. The Morgan fingerprint density at radius 3 is 2.32 bits per heavy atom. The molecule has 1 aromatic carbocycles. The van der Waals surface area contributed by atoms with E-state index in [-0.39, 0.29) is 16.1 Å². The fourth-order valence-electron chi connectivity index (χ4n) is 1.62. The highest BCUT2D eigenvalue weighted by atomic mass is 35.5. The second-order valence-corrected chi connectivity index (χ2v) is 4.31. The molecule has 1 unspecified atom stereocenters. The summed E-state index contributed by atoms with van der Waals surface area (Å²) in [4.78, 5) is 7.39. The molecule has 2 rings (SSSR count). The molecule has 0 aliphatic carbocycles. The van der Waals surface area contributed by atoms with Gasteiger partial charge in [0.25, 0.3) is 0 Å². The summed E-state index contributed by atoms with van der Waals surface area (Å²) >= 11 is 11.3. The Bertz CT molecular complexity index is 630. The highest BCUT2D eigenvalue weighted by molar-refractivity contribution is 6.31. The lowest BCUT2D eigenvalue weighted by molar-refractivity contribution is 0.553. The topological polar surface area (TPSA) is 49.6 Å². The summed E-state index contributed by atoms with van der Waals surface area (Å²) in [6.07, 6.45) is 0. The summed E-state index contributed by atoms with van der Waals surface area (Å²) in [7, 11) is 0. The molecule has 0 saturated heterocycles. The molecule has 0 fully saturated rings. The molecule has 96 valence electrons. The van der Waals surface area contributed by atoms with E-state index < -0.39 is 23.1 Å². The van der Waals surface area contributed by atoms with Crippen molar-refractivity contribution in [3.05, 3.63) is 57.6 Å². The van der Waals surface area contributed by atoms with Gasteiger partial charge in [-0.05, 0) is 29.8 Å². The summed E-state index contributed by atoms with van der Waals surface area (Å²) < 4.78 is 27.3. The molecule has 0 saturated carbocycles. The number of hydrogen-bond acceptors (Lipinski definition) is 3. The van der Waals surface area contributed by atoms with Crippen molar-refractivity contribution in [1.29, 1.82) is 5.26 Å². The first-order valence-electron chi connectivity index (χ1n) is 5.06. The minimum Gasteiger partial charge on any atom is -0.221 e.